The second kappa shape index (κ2) is 7.09. The summed E-state index contributed by atoms with van der Waals surface area (Å²) in [5, 5.41) is 2.88. The van der Waals surface area contributed by atoms with Crippen LogP contribution >= 0.6 is 0 Å². The second-order valence-corrected chi connectivity index (χ2v) is 7.33. The number of carbonyl (C=O) groups is 2. The number of amides is 2. The molecule has 1 spiro atoms. The maximum absolute atomic E-state index is 12.7. The van der Waals surface area contributed by atoms with Crippen molar-refractivity contribution in [2.75, 3.05) is 19.6 Å². The number of alkyl halides is 3. The fourth-order valence-electron chi connectivity index (χ4n) is 3.73. The highest BCUT2D eigenvalue weighted by molar-refractivity contribution is 5.97. The lowest BCUT2D eigenvalue weighted by Gasteiger charge is -2.41. The van der Waals surface area contributed by atoms with Crippen LogP contribution in [0.25, 0.3) is 0 Å². The lowest BCUT2D eigenvalue weighted by atomic mass is 9.90. The molecule has 0 radical (unpaired) electrons. The Morgan fingerprint density at radius 1 is 1.03 bits per heavy atom. The quantitative estimate of drug-likeness (QED) is 0.792. The van der Waals surface area contributed by atoms with E-state index in [0.29, 0.717) is 43.8 Å². The molecular formula is C21H19F3N2O3. The van der Waals surface area contributed by atoms with Crippen molar-refractivity contribution in [2.45, 2.75) is 24.6 Å². The molecule has 2 heterocycles. The summed E-state index contributed by atoms with van der Waals surface area (Å²) in [5.41, 5.74) is -0.700. The van der Waals surface area contributed by atoms with Gasteiger partial charge >= 0.3 is 6.18 Å². The summed E-state index contributed by atoms with van der Waals surface area (Å²) >= 11 is 0. The maximum atomic E-state index is 12.7. The summed E-state index contributed by atoms with van der Waals surface area (Å²) in [6.07, 6.45) is -3.42. The van der Waals surface area contributed by atoms with E-state index in [4.69, 9.17) is 4.74 Å². The number of hydrogen-bond donors (Lipinski definition) is 1. The third-order valence-electron chi connectivity index (χ3n) is 5.45. The topological polar surface area (TPSA) is 58.6 Å². The van der Waals surface area contributed by atoms with Gasteiger partial charge in [0.15, 0.2) is 0 Å². The van der Waals surface area contributed by atoms with Crippen molar-refractivity contribution < 1.29 is 27.5 Å². The number of piperidine rings is 1. The smallest absolute Gasteiger partial charge is 0.416 e. The summed E-state index contributed by atoms with van der Waals surface area (Å²) in [5.74, 6) is 0.0115. The van der Waals surface area contributed by atoms with Crippen LogP contribution in [0.5, 0.6) is 5.75 Å². The van der Waals surface area contributed by atoms with Crippen molar-refractivity contribution in [1.82, 2.24) is 10.2 Å². The zero-order valence-electron chi connectivity index (χ0n) is 15.5. The largest absolute Gasteiger partial charge is 0.484 e. The lowest BCUT2D eigenvalue weighted by molar-refractivity contribution is -0.137. The van der Waals surface area contributed by atoms with Crippen LogP contribution in [0.3, 0.4) is 0 Å². The normalized spacial score (nSPS) is 18.4. The average molecular weight is 404 g/mol. The number of carbonyl (C=O) groups excluding carboxylic acids is 2. The van der Waals surface area contributed by atoms with Crippen LogP contribution in [0.1, 0.15) is 39.1 Å². The number of fused-ring (bicyclic) bond motifs is 1. The first-order valence-corrected chi connectivity index (χ1v) is 9.30. The van der Waals surface area contributed by atoms with Crippen LogP contribution in [-0.2, 0) is 6.18 Å². The SMILES string of the molecule is O=C1NCC2(CCN(C(=O)c3ccc(C(F)(F)F)cc3)CC2)Oc2ccccc21. The summed E-state index contributed by atoms with van der Waals surface area (Å²) < 4.78 is 44.3. The van der Waals surface area contributed by atoms with Gasteiger partial charge in [0.1, 0.15) is 11.4 Å². The maximum Gasteiger partial charge on any atom is 0.416 e. The molecule has 29 heavy (non-hydrogen) atoms. The molecule has 0 aromatic heterocycles. The minimum atomic E-state index is -4.43. The minimum absolute atomic E-state index is 0.194. The molecule has 2 amide bonds. The molecule has 152 valence electrons. The Bertz CT molecular complexity index is 933. The van der Waals surface area contributed by atoms with E-state index in [1.165, 1.54) is 12.1 Å². The first-order valence-electron chi connectivity index (χ1n) is 9.30. The monoisotopic (exact) mass is 404 g/mol. The Balaban J connectivity index is 1.45. The van der Waals surface area contributed by atoms with Crippen molar-refractivity contribution in [3.8, 4) is 5.75 Å². The van der Waals surface area contributed by atoms with Crippen LogP contribution in [0, 0.1) is 0 Å². The Hall–Kier alpha value is -3.03. The molecule has 2 aliphatic heterocycles. The van der Waals surface area contributed by atoms with Crippen LogP contribution < -0.4 is 10.1 Å². The first-order chi connectivity index (χ1) is 13.8. The summed E-state index contributed by atoms with van der Waals surface area (Å²) in [4.78, 5) is 26.5. The Morgan fingerprint density at radius 3 is 2.34 bits per heavy atom. The Morgan fingerprint density at radius 2 is 1.69 bits per heavy atom. The standard InChI is InChI=1S/C21H19F3N2O3/c22-21(23,24)15-7-5-14(6-8-15)19(28)26-11-9-20(10-12-26)13-25-18(27)16-3-1-2-4-17(16)29-20/h1-8H,9-13H2,(H,25,27). The van der Waals surface area contributed by atoms with Gasteiger partial charge in [-0.1, -0.05) is 12.1 Å². The number of likely N-dealkylation sites (tertiary alicyclic amines) is 1. The number of hydrogen-bond acceptors (Lipinski definition) is 3. The molecule has 1 N–H and O–H groups in total. The Labute approximate surface area is 165 Å². The van der Waals surface area contributed by atoms with Gasteiger partial charge in [0.05, 0.1) is 17.7 Å². The molecule has 1 fully saturated rings. The molecule has 0 atom stereocenters. The molecule has 0 bridgehead atoms. The molecule has 8 heteroatoms. The average Bonchev–Trinajstić information content (AvgIpc) is 2.85. The van der Waals surface area contributed by atoms with Gasteiger partial charge in [-0.05, 0) is 36.4 Å². The molecule has 0 aliphatic carbocycles. The zero-order valence-corrected chi connectivity index (χ0v) is 15.5. The third kappa shape index (κ3) is 3.79. The molecule has 2 aromatic carbocycles. The zero-order chi connectivity index (χ0) is 20.6. The molecule has 0 unspecified atom stereocenters. The fraction of sp³-hybridized carbons (Fsp3) is 0.333. The number of benzene rings is 2. The minimum Gasteiger partial charge on any atom is -0.484 e. The predicted octanol–water partition coefficient (Wildman–Crippen LogP) is 3.50. The van der Waals surface area contributed by atoms with Crippen molar-refractivity contribution in [1.29, 1.82) is 0 Å². The summed E-state index contributed by atoms with van der Waals surface area (Å²) in [6, 6.07) is 11.3. The van der Waals surface area contributed by atoms with Crippen molar-refractivity contribution >= 4 is 11.8 Å². The highest BCUT2D eigenvalue weighted by Crippen LogP contribution is 2.33. The van der Waals surface area contributed by atoms with Gasteiger partial charge in [0.2, 0.25) is 0 Å². The van der Waals surface area contributed by atoms with Crippen molar-refractivity contribution in [3.05, 3.63) is 65.2 Å². The Kier molecular flexibility index (Phi) is 4.72. The summed E-state index contributed by atoms with van der Waals surface area (Å²) in [7, 11) is 0. The van der Waals surface area contributed by atoms with Crippen molar-refractivity contribution in [2.24, 2.45) is 0 Å². The molecule has 2 aliphatic rings. The van der Waals surface area contributed by atoms with Crippen LogP contribution in [0.15, 0.2) is 48.5 Å². The second-order valence-electron chi connectivity index (χ2n) is 7.33. The fourth-order valence-corrected chi connectivity index (χ4v) is 3.73. The third-order valence-corrected chi connectivity index (χ3v) is 5.45. The highest BCUT2D eigenvalue weighted by atomic mass is 19.4. The van der Waals surface area contributed by atoms with Gasteiger partial charge in [-0.25, -0.2) is 0 Å². The molecule has 2 aromatic rings. The van der Waals surface area contributed by atoms with Crippen LogP contribution in [0.4, 0.5) is 13.2 Å². The number of nitrogens with zero attached hydrogens (tertiary/aromatic N) is 1. The molecule has 0 saturated carbocycles. The van der Waals surface area contributed by atoms with E-state index in [1.807, 2.05) is 0 Å². The first kappa shape index (κ1) is 19.3. The van der Waals surface area contributed by atoms with Gasteiger partial charge in [0.25, 0.3) is 11.8 Å². The van der Waals surface area contributed by atoms with E-state index >= 15 is 0 Å². The van der Waals surface area contributed by atoms with Gasteiger partial charge in [-0.15, -0.1) is 0 Å². The number of nitrogens with one attached hydrogen (secondary N) is 1. The lowest BCUT2D eigenvalue weighted by Crippen LogP contribution is -2.54. The molecular weight excluding hydrogens is 385 g/mol. The molecule has 1 saturated heterocycles. The van der Waals surface area contributed by atoms with Crippen LogP contribution in [0.2, 0.25) is 0 Å². The number of halogens is 3. The number of rotatable bonds is 1. The van der Waals surface area contributed by atoms with E-state index in [1.54, 1.807) is 29.2 Å². The molecule has 5 nitrogen and oxygen atoms in total. The van der Waals surface area contributed by atoms with E-state index in [2.05, 4.69) is 5.32 Å². The van der Waals surface area contributed by atoms with E-state index in [0.717, 1.165) is 12.1 Å². The van der Waals surface area contributed by atoms with Gasteiger partial charge in [0, 0.05) is 31.5 Å². The number of ether oxygens (including phenoxy) is 1. The van der Waals surface area contributed by atoms with E-state index in [-0.39, 0.29) is 17.4 Å². The van der Waals surface area contributed by atoms with E-state index in [9.17, 15) is 22.8 Å². The van der Waals surface area contributed by atoms with Gasteiger partial charge in [-0.2, -0.15) is 13.2 Å². The number of para-hydroxylation sites is 1. The summed E-state index contributed by atoms with van der Waals surface area (Å²) in [6.45, 7) is 1.11. The van der Waals surface area contributed by atoms with E-state index < -0.39 is 17.3 Å². The van der Waals surface area contributed by atoms with Crippen molar-refractivity contribution in [3.63, 3.8) is 0 Å². The van der Waals surface area contributed by atoms with Crippen LogP contribution in [-0.4, -0.2) is 41.9 Å². The van der Waals surface area contributed by atoms with Gasteiger partial charge in [-0.3, -0.25) is 9.59 Å². The predicted molar refractivity (Wildman–Crippen MR) is 98.7 cm³/mol. The van der Waals surface area contributed by atoms with Gasteiger partial charge < -0.3 is 15.0 Å². The highest BCUT2D eigenvalue weighted by Gasteiger charge is 2.41. The molecule has 4 rings (SSSR count).